The lowest BCUT2D eigenvalue weighted by atomic mass is 9.66. The van der Waals surface area contributed by atoms with Crippen molar-refractivity contribution in [3.63, 3.8) is 0 Å². The number of rotatable bonds is 5. The Morgan fingerprint density at radius 3 is 2.39 bits per heavy atom. The molecule has 8 nitrogen and oxygen atoms in total. The zero-order chi connectivity index (χ0) is 29.2. The molecule has 41 heavy (non-hydrogen) atoms. The summed E-state index contributed by atoms with van der Waals surface area (Å²) < 4.78 is 84.4. The van der Waals surface area contributed by atoms with Gasteiger partial charge in [0.25, 0.3) is 0 Å². The second kappa shape index (κ2) is 9.48. The third-order valence-corrected chi connectivity index (χ3v) is 9.59. The average Bonchev–Trinajstić information content (AvgIpc) is 3.56. The largest absolute Gasteiger partial charge is 0.416 e. The molecule has 0 saturated carbocycles. The second-order valence-electron chi connectivity index (χ2n) is 10.2. The Hall–Kier alpha value is -4.10. The summed E-state index contributed by atoms with van der Waals surface area (Å²) in [7, 11) is -2.57. The van der Waals surface area contributed by atoms with Gasteiger partial charge in [0.15, 0.2) is 5.82 Å². The predicted molar refractivity (Wildman–Crippen MR) is 140 cm³/mol. The molecule has 1 atom stereocenters. The van der Waals surface area contributed by atoms with Crippen LogP contribution in [0, 0.1) is 11.2 Å². The summed E-state index contributed by atoms with van der Waals surface area (Å²) in [5, 5.41) is 4.46. The summed E-state index contributed by atoms with van der Waals surface area (Å²) in [4.78, 5) is 18.1. The lowest BCUT2D eigenvalue weighted by Crippen LogP contribution is -2.53. The number of carbonyl (C=O) groups excluding carboxylic acids is 1. The van der Waals surface area contributed by atoms with Crippen molar-refractivity contribution in [2.45, 2.75) is 23.9 Å². The lowest BCUT2D eigenvalue weighted by Gasteiger charge is -2.44. The van der Waals surface area contributed by atoms with Crippen molar-refractivity contribution in [2.24, 2.45) is 12.5 Å². The molecule has 2 aromatic heterocycles. The third-order valence-electron chi connectivity index (χ3n) is 7.73. The first-order valence-electron chi connectivity index (χ1n) is 12.6. The Balaban J connectivity index is 1.42. The highest BCUT2D eigenvalue weighted by atomic mass is 32.2. The van der Waals surface area contributed by atoms with Crippen LogP contribution in [0.3, 0.4) is 0 Å². The molecule has 4 aromatic rings. The van der Waals surface area contributed by atoms with Crippen LogP contribution in [-0.2, 0) is 29.7 Å². The minimum atomic E-state index is -4.61. The summed E-state index contributed by atoms with van der Waals surface area (Å²) in [5.74, 6) is -0.614. The number of hydrogen-bond acceptors (Lipinski definition) is 5. The summed E-state index contributed by atoms with van der Waals surface area (Å²) in [6, 6.07) is 9.13. The van der Waals surface area contributed by atoms with Crippen LogP contribution in [0.2, 0.25) is 0 Å². The van der Waals surface area contributed by atoms with Crippen LogP contribution in [0.25, 0.3) is 11.8 Å². The van der Waals surface area contributed by atoms with Gasteiger partial charge in [0, 0.05) is 32.5 Å². The van der Waals surface area contributed by atoms with E-state index in [2.05, 4.69) is 10.1 Å². The van der Waals surface area contributed by atoms with Gasteiger partial charge in [0.05, 0.1) is 33.5 Å². The van der Waals surface area contributed by atoms with Gasteiger partial charge in [0.1, 0.15) is 5.82 Å². The number of alkyl halides is 3. The van der Waals surface area contributed by atoms with Crippen molar-refractivity contribution < 1.29 is 30.8 Å². The van der Waals surface area contributed by atoms with Crippen LogP contribution in [0.5, 0.6) is 0 Å². The SMILES string of the molecule is Cn1ccnc1C(=O)[C@]12Cc3cnn(-c4ccc(F)cc4)c3C=C1CCN(S(=O)(=O)c1ccc(C(F)(F)F)cc1)C2. The van der Waals surface area contributed by atoms with Crippen LogP contribution in [-0.4, -0.2) is 50.9 Å². The molecule has 3 heterocycles. The van der Waals surface area contributed by atoms with Crippen molar-refractivity contribution in [1.29, 1.82) is 0 Å². The Labute approximate surface area is 232 Å². The molecule has 1 fully saturated rings. The molecular weight excluding hydrogens is 562 g/mol. The van der Waals surface area contributed by atoms with Crippen molar-refractivity contribution in [3.05, 3.63) is 101 Å². The molecule has 0 bridgehead atoms. The summed E-state index contributed by atoms with van der Waals surface area (Å²) in [5.41, 5.74) is 0.429. The number of imidazole rings is 1. The van der Waals surface area contributed by atoms with E-state index >= 15 is 0 Å². The van der Waals surface area contributed by atoms with E-state index in [9.17, 15) is 30.8 Å². The molecule has 0 unspecified atom stereocenters. The predicted octanol–water partition coefficient (Wildman–Crippen LogP) is 4.67. The van der Waals surface area contributed by atoms with E-state index in [1.54, 1.807) is 40.8 Å². The van der Waals surface area contributed by atoms with Crippen molar-refractivity contribution in [2.75, 3.05) is 13.1 Å². The third kappa shape index (κ3) is 4.49. The van der Waals surface area contributed by atoms with Crippen molar-refractivity contribution in [1.82, 2.24) is 23.6 Å². The number of fused-ring (bicyclic) bond motifs is 2. The monoisotopic (exact) mass is 585 g/mol. The Kier molecular flexibility index (Phi) is 6.27. The molecule has 2 aliphatic rings. The zero-order valence-corrected chi connectivity index (χ0v) is 22.5. The maximum Gasteiger partial charge on any atom is 0.416 e. The topological polar surface area (TPSA) is 90.1 Å². The van der Waals surface area contributed by atoms with Gasteiger partial charge >= 0.3 is 6.18 Å². The minimum Gasteiger partial charge on any atom is -0.332 e. The van der Waals surface area contributed by atoms with E-state index < -0.39 is 33.0 Å². The van der Waals surface area contributed by atoms with E-state index in [0.717, 1.165) is 28.6 Å². The molecule has 13 heteroatoms. The number of aryl methyl sites for hydroxylation is 1. The van der Waals surface area contributed by atoms with Gasteiger partial charge in [-0.05, 0) is 73.0 Å². The second-order valence-corrected chi connectivity index (χ2v) is 12.1. The van der Waals surface area contributed by atoms with E-state index in [-0.39, 0.29) is 42.4 Å². The molecule has 1 aliphatic carbocycles. The fourth-order valence-electron chi connectivity index (χ4n) is 5.57. The number of aromatic nitrogens is 4. The first kappa shape index (κ1) is 27.1. The van der Waals surface area contributed by atoms with Crippen LogP contribution in [0.1, 0.15) is 33.9 Å². The number of carbonyl (C=O) groups is 1. The summed E-state index contributed by atoms with van der Waals surface area (Å²) in [6.07, 6.45) is 2.25. The highest BCUT2D eigenvalue weighted by Crippen LogP contribution is 2.47. The van der Waals surface area contributed by atoms with Gasteiger partial charge in [-0.2, -0.15) is 22.6 Å². The highest BCUT2D eigenvalue weighted by Gasteiger charge is 2.52. The Morgan fingerprint density at radius 1 is 1.05 bits per heavy atom. The molecule has 0 amide bonds. The van der Waals surface area contributed by atoms with E-state index in [4.69, 9.17) is 0 Å². The maximum absolute atomic E-state index is 14.2. The van der Waals surface area contributed by atoms with Crippen molar-refractivity contribution in [3.8, 4) is 5.69 Å². The van der Waals surface area contributed by atoms with Gasteiger partial charge in [0.2, 0.25) is 15.8 Å². The molecule has 212 valence electrons. The van der Waals surface area contributed by atoms with Gasteiger partial charge in [-0.25, -0.2) is 22.5 Å². The molecule has 0 radical (unpaired) electrons. The van der Waals surface area contributed by atoms with Gasteiger partial charge in [-0.3, -0.25) is 4.79 Å². The number of benzene rings is 2. The van der Waals surface area contributed by atoms with E-state index in [1.165, 1.54) is 18.3 Å². The maximum atomic E-state index is 14.2. The van der Waals surface area contributed by atoms with Gasteiger partial charge in [-0.1, -0.05) is 5.57 Å². The number of sulfonamides is 1. The molecule has 2 aromatic carbocycles. The smallest absolute Gasteiger partial charge is 0.332 e. The van der Waals surface area contributed by atoms with Crippen LogP contribution >= 0.6 is 0 Å². The van der Waals surface area contributed by atoms with Crippen LogP contribution < -0.4 is 0 Å². The molecule has 0 spiro atoms. The van der Waals surface area contributed by atoms with Gasteiger partial charge in [-0.15, -0.1) is 0 Å². The molecular formula is C28H23F4N5O3S. The fraction of sp³-hybridized carbons (Fsp3) is 0.250. The number of halogens is 4. The van der Waals surface area contributed by atoms with Crippen LogP contribution in [0.4, 0.5) is 17.6 Å². The van der Waals surface area contributed by atoms with Gasteiger partial charge < -0.3 is 4.57 Å². The molecule has 1 saturated heterocycles. The highest BCUT2D eigenvalue weighted by molar-refractivity contribution is 7.89. The fourth-order valence-corrected chi connectivity index (χ4v) is 7.07. The number of nitrogens with zero attached hydrogens (tertiary/aromatic N) is 5. The minimum absolute atomic E-state index is 0.0187. The average molecular weight is 586 g/mol. The number of hydrogen-bond donors (Lipinski definition) is 0. The molecule has 0 N–H and O–H groups in total. The number of piperidine rings is 1. The molecule has 1 aliphatic heterocycles. The zero-order valence-electron chi connectivity index (χ0n) is 21.6. The first-order valence-corrected chi connectivity index (χ1v) is 14.1. The summed E-state index contributed by atoms with van der Waals surface area (Å²) in [6.45, 7) is -0.208. The quantitative estimate of drug-likeness (QED) is 0.251. The van der Waals surface area contributed by atoms with E-state index in [1.807, 2.05) is 6.08 Å². The summed E-state index contributed by atoms with van der Waals surface area (Å²) >= 11 is 0. The number of ketones is 1. The number of Topliss-reactive ketones (excluding diaryl/α,β-unsaturated/α-hetero) is 1. The first-order chi connectivity index (χ1) is 19.4. The van der Waals surface area contributed by atoms with Crippen LogP contribution in [0.15, 0.2) is 77.6 Å². The van der Waals surface area contributed by atoms with E-state index in [0.29, 0.717) is 22.5 Å². The lowest BCUT2D eigenvalue weighted by molar-refractivity contribution is -0.137. The Morgan fingerprint density at radius 2 is 1.76 bits per heavy atom. The molecule has 6 rings (SSSR count). The van der Waals surface area contributed by atoms with Crippen molar-refractivity contribution >= 4 is 21.9 Å². The normalized spacial score (nSPS) is 19.4. The standard InChI is InChI=1S/C28H23F4N5O3S/c1-35-13-11-33-26(35)25(38)27-15-18-16-34-37(22-6-4-21(29)5-7-22)24(18)14-20(27)10-12-36(17-27)41(39,40)23-8-2-19(3-9-23)28(30,31)32/h2-9,11,13-14,16H,10,12,15,17H2,1H3/t27-/m0/s1. The Bertz CT molecular complexity index is 1790.